The number of aryl methyl sites for hydroxylation is 1. The Morgan fingerprint density at radius 3 is 2.77 bits per heavy atom. The molecule has 0 bridgehead atoms. The molecule has 2 aliphatic heterocycles. The van der Waals surface area contributed by atoms with Crippen LogP contribution < -0.4 is 14.6 Å². The fourth-order valence-corrected chi connectivity index (χ4v) is 5.79. The lowest BCUT2D eigenvalue weighted by Crippen LogP contribution is -2.50. The predicted octanol–water partition coefficient (Wildman–Crippen LogP) is 1.51. The minimum atomic E-state index is -4.08. The molecule has 0 saturated carbocycles. The average molecular weight is 448 g/mol. The van der Waals surface area contributed by atoms with Gasteiger partial charge in [0.25, 0.3) is 5.56 Å². The van der Waals surface area contributed by atoms with E-state index in [0.717, 1.165) is 37.8 Å². The molecule has 2 aliphatic rings. The maximum Gasteiger partial charge on any atom is 0.340 e. The van der Waals surface area contributed by atoms with Crippen molar-refractivity contribution in [1.82, 2.24) is 19.5 Å². The van der Waals surface area contributed by atoms with Crippen molar-refractivity contribution in [1.29, 1.82) is 0 Å². The Bertz CT molecular complexity index is 1250. The number of hydrogen-bond donors (Lipinski definition) is 0. The van der Waals surface area contributed by atoms with Crippen LogP contribution in [0.15, 0.2) is 40.0 Å². The largest absolute Gasteiger partial charge is 0.358 e. The van der Waals surface area contributed by atoms with Gasteiger partial charge < -0.3 is 9.08 Å². The molecule has 2 aromatic heterocycles. The van der Waals surface area contributed by atoms with Crippen molar-refractivity contribution in [2.75, 3.05) is 31.1 Å². The molecule has 2 fully saturated rings. The van der Waals surface area contributed by atoms with E-state index in [-0.39, 0.29) is 10.8 Å². The van der Waals surface area contributed by atoms with Crippen molar-refractivity contribution in [3.63, 3.8) is 0 Å². The van der Waals surface area contributed by atoms with Gasteiger partial charge in [0.15, 0.2) is 0 Å². The van der Waals surface area contributed by atoms with Crippen LogP contribution in [0.1, 0.15) is 18.4 Å². The summed E-state index contributed by atoms with van der Waals surface area (Å²) >= 11 is 1.26. The highest BCUT2D eigenvalue weighted by Gasteiger charge is 2.32. The molecule has 9 nitrogen and oxygen atoms in total. The second kappa shape index (κ2) is 7.33. The standard InChI is InChI=1S/C19H21N5O4S2/c1-13-4-6-15(7-5-13)30(26,27)28-16-11-17(25)24-18(20-16)29-19(21-24)23-10-9-22-8-2-3-14(22)12-23/h4-7,11,14H,2-3,8-10,12H2,1H3/t14-/m0/s1. The summed E-state index contributed by atoms with van der Waals surface area (Å²) in [6.07, 6.45) is 2.39. The van der Waals surface area contributed by atoms with Gasteiger partial charge in [-0.2, -0.15) is 17.9 Å². The normalized spacial score (nSPS) is 19.9. The lowest BCUT2D eigenvalue weighted by molar-refractivity contribution is 0.230. The summed E-state index contributed by atoms with van der Waals surface area (Å²) in [7, 11) is -4.08. The average Bonchev–Trinajstić information content (AvgIpc) is 3.34. The molecule has 0 radical (unpaired) electrons. The quantitative estimate of drug-likeness (QED) is 0.555. The zero-order valence-electron chi connectivity index (χ0n) is 16.4. The van der Waals surface area contributed by atoms with Crippen LogP contribution in [0.2, 0.25) is 0 Å². The number of aromatic nitrogens is 3. The Balaban J connectivity index is 1.42. The van der Waals surface area contributed by atoms with Crippen LogP contribution >= 0.6 is 11.3 Å². The maximum atomic E-state index is 12.5. The van der Waals surface area contributed by atoms with Gasteiger partial charge in [-0.05, 0) is 38.4 Å². The third-order valence-corrected chi connectivity index (χ3v) is 7.78. The van der Waals surface area contributed by atoms with Crippen molar-refractivity contribution in [2.24, 2.45) is 0 Å². The third kappa shape index (κ3) is 3.57. The Kier molecular flexibility index (Phi) is 4.75. The van der Waals surface area contributed by atoms with Gasteiger partial charge in [0.05, 0.1) is 6.07 Å². The first-order valence-corrected chi connectivity index (χ1v) is 12.0. The summed E-state index contributed by atoms with van der Waals surface area (Å²) in [5.41, 5.74) is 0.457. The van der Waals surface area contributed by atoms with Gasteiger partial charge >= 0.3 is 10.1 Å². The lowest BCUT2D eigenvalue weighted by atomic mass is 10.2. The van der Waals surface area contributed by atoms with E-state index in [4.69, 9.17) is 4.18 Å². The van der Waals surface area contributed by atoms with Crippen molar-refractivity contribution in [2.45, 2.75) is 30.7 Å². The number of nitrogens with zero attached hydrogens (tertiary/aromatic N) is 5. The van der Waals surface area contributed by atoms with Crippen LogP contribution in [0.3, 0.4) is 0 Å². The summed E-state index contributed by atoms with van der Waals surface area (Å²) < 4.78 is 31.4. The highest BCUT2D eigenvalue weighted by atomic mass is 32.2. The molecule has 1 aromatic carbocycles. The smallest absolute Gasteiger partial charge is 0.340 e. The van der Waals surface area contributed by atoms with E-state index in [1.165, 1.54) is 40.8 Å². The van der Waals surface area contributed by atoms with E-state index in [2.05, 4.69) is 19.9 Å². The summed E-state index contributed by atoms with van der Waals surface area (Å²) in [5, 5.41) is 5.13. The van der Waals surface area contributed by atoms with Crippen LogP contribution in [-0.4, -0.2) is 60.1 Å². The molecule has 30 heavy (non-hydrogen) atoms. The SMILES string of the molecule is Cc1ccc(S(=O)(=O)Oc2cc(=O)n3nc(N4CCN5CCC[C@H]5C4)sc3n2)cc1. The summed E-state index contributed by atoms with van der Waals surface area (Å²) in [6.45, 7) is 5.71. The Morgan fingerprint density at radius 2 is 1.97 bits per heavy atom. The summed E-state index contributed by atoms with van der Waals surface area (Å²) in [6, 6.07) is 7.86. The Hall–Kier alpha value is -2.50. The van der Waals surface area contributed by atoms with Crippen LogP contribution in [0.25, 0.3) is 4.96 Å². The first-order valence-electron chi connectivity index (χ1n) is 9.80. The van der Waals surface area contributed by atoms with Gasteiger partial charge in [0.1, 0.15) is 4.90 Å². The van der Waals surface area contributed by atoms with Gasteiger partial charge in [-0.25, -0.2) is 0 Å². The van der Waals surface area contributed by atoms with E-state index in [0.29, 0.717) is 16.1 Å². The Morgan fingerprint density at radius 1 is 1.17 bits per heavy atom. The van der Waals surface area contributed by atoms with E-state index < -0.39 is 15.7 Å². The zero-order valence-corrected chi connectivity index (χ0v) is 18.0. The molecule has 3 aromatic rings. The van der Waals surface area contributed by atoms with E-state index in [1.807, 2.05) is 6.92 Å². The van der Waals surface area contributed by atoms with Gasteiger partial charge in [0.2, 0.25) is 16.0 Å². The summed E-state index contributed by atoms with van der Waals surface area (Å²) in [4.78, 5) is 21.7. The number of piperazine rings is 1. The topological polar surface area (TPSA) is 97.1 Å². The van der Waals surface area contributed by atoms with E-state index in [1.54, 1.807) is 12.1 Å². The number of hydrogen-bond acceptors (Lipinski definition) is 9. The van der Waals surface area contributed by atoms with E-state index in [9.17, 15) is 13.2 Å². The fourth-order valence-electron chi connectivity index (χ4n) is 3.98. The monoisotopic (exact) mass is 447 g/mol. The van der Waals surface area contributed by atoms with Gasteiger partial charge in [-0.3, -0.25) is 9.69 Å². The maximum absolute atomic E-state index is 12.5. The lowest BCUT2D eigenvalue weighted by Gasteiger charge is -2.37. The fraction of sp³-hybridized carbons (Fsp3) is 0.421. The molecule has 2 saturated heterocycles. The highest BCUT2D eigenvalue weighted by molar-refractivity contribution is 7.87. The van der Waals surface area contributed by atoms with Crippen LogP contribution in [0, 0.1) is 6.92 Å². The third-order valence-electron chi connectivity index (χ3n) is 5.57. The van der Waals surface area contributed by atoms with Crippen molar-refractivity contribution in [3.8, 4) is 5.88 Å². The van der Waals surface area contributed by atoms with Gasteiger partial charge in [0, 0.05) is 25.7 Å². The first kappa shape index (κ1) is 19.5. The van der Waals surface area contributed by atoms with Crippen molar-refractivity contribution in [3.05, 3.63) is 46.2 Å². The zero-order chi connectivity index (χ0) is 20.9. The highest BCUT2D eigenvalue weighted by Crippen LogP contribution is 2.28. The molecule has 5 rings (SSSR count). The molecule has 1 atom stereocenters. The molecule has 158 valence electrons. The van der Waals surface area contributed by atoms with Crippen LogP contribution in [0.4, 0.5) is 5.13 Å². The molecule has 0 amide bonds. The molecular formula is C19H21N5O4S2. The van der Waals surface area contributed by atoms with Gasteiger partial charge in [-0.15, -0.1) is 5.10 Å². The molecule has 0 unspecified atom stereocenters. The molecule has 0 aliphatic carbocycles. The van der Waals surface area contributed by atoms with E-state index >= 15 is 0 Å². The second-order valence-electron chi connectivity index (χ2n) is 7.64. The molecular weight excluding hydrogens is 426 g/mol. The van der Waals surface area contributed by atoms with Crippen LogP contribution in [-0.2, 0) is 10.1 Å². The van der Waals surface area contributed by atoms with Crippen molar-refractivity contribution >= 4 is 31.5 Å². The minimum absolute atomic E-state index is 0.00882. The second-order valence-corrected chi connectivity index (χ2v) is 10.1. The number of rotatable bonds is 4. The number of benzene rings is 1. The summed E-state index contributed by atoms with van der Waals surface area (Å²) in [5.74, 6) is -0.253. The van der Waals surface area contributed by atoms with Gasteiger partial charge in [-0.1, -0.05) is 29.0 Å². The molecule has 0 spiro atoms. The predicted molar refractivity (Wildman–Crippen MR) is 113 cm³/mol. The molecule has 0 N–H and O–H groups in total. The molecule has 11 heteroatoms. The Labute approximate surface area is 177 Å². The first-order chi connectivity index (χ1) is 14.4. The minimum Gasteiger partial charge on any atom is -0.358 e. The number of fused-ring (bicyclic) bond motifs is 2. The molecule has 4 heterocycles. The van der Waals surface area contributed by atoms with Crippen LogP contribution in [0.5, 0.6) is 5.88 Å². The number of anilines is 1. The van der Waals surface area contributed by atoms with Crippen molar-refractivity contribution < 1.29 is 12.6 Å².